The van der Waals surface area contributed by atoms with Crippen molar-refractivity contribution in [2.24, 2.45) is 0 Å². The molecule has 108 valence electrons. The molecule has 0 bridgehead atoms. The van der Waals surface area contributed by atoms with E-state index in [4.69, 9.17) is 0 Å². The highest BCUT2D eigenvalue weighted by Crippen LogP contribution is 2.24. The maximum Gasteiger partial charge on any atom is 0.108 e. The lowest BCUT2D eigenvalue weighted by Gasteiger charge is -2.25. The predicted molar refractivity (Wildman–Crippen MR) is 86.1 cm³/mol. The zero-order valence-electron chi connectivity index (χ0n) is 12.2. The van der Waals surface area contributed by atoms with E-state index in [9.17, 15) is 5.11 Å². The Morgan fingerprint density at radius 1 is 1.20 bits per heavy atom. The summed E-state index contributed by atoms with van der Waals surface area (Å²) in [7, 11) is 0. The zero-order chi connectivity index (χ0) is 14.4. The molecule has 0 saturated carbocycles. The van der Waals surface area contributed by atoms with Gasteiger partial charge in [-0.25, -0.2) is 0 Å². The van der Waals surface area contributed by atoms with Gasteiger partial charge in [0.05, 0.1) is 0 Å². The lowest BCUT2D eigenvalue weighted by molar-refractivity contribution is 0.0578. The second-order valence-corrected chi connectivity index (χ2v) is 6.51. The Morgan fingerprint density at radius 3 is 2.60 bits per heavy atom. The molecular weight excluding hydrogens is 266 g/mol. The number of hydrogen-bond acceptors (Lipinski definition) is 3. The van der Waals surface area contributed by atoms with Crippen LogP contribution in [0.15, 0.2) is 47.8 Å². The van der Waals surface area contributed by atoms with Gasteiger partial charge in [-0.1, -0.05) is 36.4 Å². The van der Waals surface area contributed by atoms with E-state index in [2.05, 4.69) is 36.5 Å². The van der Waals surface area contributed by atoms with E-state index >= 15 is 0 Å². The molecule has 2 rings (SSSR count). The summed E-state index contributed by atoms with van der Waals surface area (Å²) < 4.78 is 0. The molecule has 1 aromatic heterocycles. The van der Waals surface area contributed by atoms with Crippen molar-refractivity contribution < 1.29 is 5.11 Å². The van der Waals surface area contributed by atoms with Gasteiger partial charge in [0.15, 0.2) is 0 Å². The molecule has 0 spiro atoms. The van der Waals surface area contributed by atoms with Crippen LogP contribution in [0.5, 0.6) is 0 Å². The third-order valence-electron chi connectivity index (χ3n) is 3.56. The topological polar surface area (TPSA) is 32.3 Å². The zero-order valence-corrected chi connectivity index (χ0v) is 13.0. The Hall–Kier alpha value is -1.16. The van der Waals surface area contributed by atoms with Crippen LogP contribution in [-0.2, 0) is 12.0 Å². The highest BCUT2D eigenvalue weighted by atomic mass is 32.1. The van der Waals surface area contributed by atoms with E-state index in [0.29, 0.717) is 12.6 Å². The maximum absolute atomic E-state index is 10.5. The third-order valence-corrected chi connectivity index (χ3v) is 4.68. The fourth-order valence-corrected chi connectivity index (χ4v) is 2.96. The predicted octanol–water partition coefficient (Wildman–Crippen LogP) is 3.57. The van der Waals surface area contributed by atoms with Gasteiger partial charge in [-0.2, -0.15) is 0 Å². The maximum atomic E-state index is 10.5. The molecule has 1 heterocycles. The van der Waals surface area contributed by atoms with Gasteiger partial charge < -0.3 is 10.4 Å². The molecule has 3 heteroatoms. The first kappa shape index (κ1) is 15.2. The first-order chi connectivity index (χ1) is 9.58. The molecule has 1 aromatic carbocycles. The summed E-state index contributed by atoms with van der Waals surface area (Å²) in [6, 6.07) is 14.9. The number of aryl methyl sites for hydroxylation is 1. The van der Waals surface area contributed by atoms with Crippen molar-refractivity contribution in [1.29, 1.82) is 0 Å². The van der Waals surface area contributed by atoms with E-state index in [1.165, 1.54) is 5.56 Å². The largest absolute Gasteiger partial charge is 0.383 e. The van der Waals surface area contributed by atoms with Crippen molar-refractivity contribution in [1.82, 2.24) is 5.32 Å². The average molecular weight is 289 g/mol. The van der Waals surface area contributed by atoms with E-state index in [-0.39, 0.29) is 0 Å². The van der Waals surface area contributed by atoms with Crippen LogP contribution in [0, 0.1) is 0 Å². The van der Waals surface area contributed by atoms with Crippen LogP contribution in [0.3, 0.4) is 0 Å². The van der Waals surface area contributed by atoms with Crippen molar-refractivity contribution in [3.05, 3.63) is 58.3 Å². The van der Waals surface area contributed by atoms with Crippen molar-refractivity contribution in [2.75, 3.05) is 6.54 Å². The Kier molecular flexibility index (Phi) is 5.35. The van der Waals surface area contributed by atoms with Gasteiger partial charge in [-0.15, -0.1) is 11.3 Å². The summed E-state index contributed by atoms with van der Waals surface area (Å²) >= 11 is 1.60. The first-order valence-corrected chi connectivity index (χ1v) is 7.99. The lowest BCUT2D eigenvalue weighted by atomic mass is 10.0. The minimum absolute atomic E-state index is 0.390. The van der Waals surface area contributed by atoms with Crippen molar-refractivity contribution in [3.8, 4) is 0 Å². The Bertz CT molecular complexity index is 493. The summed E-state index contributed by atoms with van der Waals surface area (Å²) in [5.74, 6) is 0. The van der Waals surface area contributed by atoms with Crippen LogP contribution < -0.4 is 5.32 Å². The highest BCUT2D eigenvalue weighted by molar-refractivity contribution is 7.10. The summed E-state index contributed by atoms with van der Waals surface area (Å²) in [6.07, 6.45) is 2.14. The number of nitrogens with one attached hydrogen (secondary N) is 1. The molecule has 0 fully saturated rings. The third kappa shape index (κ3) is 4.44. The van der Waals surface area contributed by atoms with E-state index in [1.807, 2.05) is 30.5 Å². The number of aliphatic hydroxyl groups is 1. The summed E-state index contributed by atoms with van der Waals surface area (Å²) in [5.41, 5.74) is 0.584. The van der Waals surface area contributed by atoms with E-state index < -0.39 is 5.60 Å². The number of benzene rings is 1. The van der Waals surface area contributed by atoms with Crippen LogP contribution in [0.4, 0.5) is 0 Å². The van der Waals surface area contributed by atoms with Gasteiger partial charge in [-0.05, 0) is 43.7 Å². The molecule has 2 N–H and O–H groups in total. The number of thiophene rings is 1. The standard InChI is InChI=1S/C17H23NOS/c1-14(10-11-15-7-4-3-5-8-15)18-13-17(2,19)16-9-6-12-20-16/h3-9,12,14,18-19H,10-11,13H2,1-2H3. The molecule has 2 atom stereocenters. The second kappa shape index (κ2) is 7.02. The highest BCUT2D eigenvalue weighted by Gasteiger charge is 2.24. The van der Waals surface area contributed by atoms with Gasteiger partial charge in [0.1, 0.15) is 5.60 Å². The van der Waals surface area contributed by atoms with Crippen molar-refractivity contribution in [2.45, 2.75) is 38.3 Å². The van der Waals surface area contributed by atoms with Crippen LogP contribution in [0.2, 0.25) is 0 Å². The molecule has 0 amide bonds. The minimum atomic E-state index is -0.783. The number of rotatable bonds is 7. The van der Waals surface area contributed by atoms with Crippen molar-refractivity contribution in [3.63, 3.8) is 0 Å². The SMILES string of the molecule is CC(CCc1ccccc1)NCC(C)(O)c1cccs1. The molecule has 0 radical (unpaired) electrons. The molecule has 0 aliphatic heterocycles. The fraction of sp³-hybridized carbons (Fsp3) is 0.412. The van der Waals surface area contributed by atoms with Crippen LogP contribution in [0.25, 0.3) is 0 Å². The quantitative estimate of drug-likeness (QED) is 0.817. The van der Waals surface area contributed by atoms with Gasteiger partial charge in [0.2, 0.25) is 0 Å². The summed E-state index contributed by atoms with van der Waals surface area (Å²) in [4.78, 5) is 1.01. The molecule has 20 heavy (non-hydrogen) atoms. The van der Waals surface area contributed by atoms with Crippen LogP contribution >= 0.6 is 11.3 Å². The summed E-state index contributed by atoms with van der Waals surface area (Å²) in [6.45, 7) is 4.63. The molecule has 2 nitrogen and oxygen atoms in total. The Morgan fingerprint density at radius 2 is 1.95 bits per heavy atom. The van der Waals surface area contributed by atoms with Gasteiger partial charge in [0, 0.05) is 17.5 Å². The lowest BCUT2D eigenvalue weighted by Crippen LogP contribution is -2.39. The smallest absolute Gasteiger partial charge is 0.108 e. The van der Waals surface area contributed by atoms with Gasteiger partial charge in [-0.3, -0.25) is 0 Å². The number of hydrogen-bond donors (Lipinski definition) is 2. The van der Waals surface area contributed by atoms with Crippen LogP contribution in [0.1, 0.15) is 30.7 Å². The average Bonchev–Trinajstić information content (AvgIpc) is 2.99. The molecule has 0 saturated heterocycles. The molecular formula is C17H23NOS. The molecule has 0 aliphatic carbocycles. The minimum Gasteiger partial charge on any atom is -0.383 e. The van der Waals surface area contributed by atoms with Crippen LogP contribution in [-0.4, -0.2) is 17.7 Å². The van der Waals surface area contributed by atoms with Crippen molar-refractivity contribution >= 4 is 11.3 Å². The first-order valence-electron chi connectivity index (χ1n) is 7.11. The van der Waals surface area contributed by atoms with Gasteiger partial charge in [0.25, 0.3) is 0 Å². The fourth-order valence-electron chi connectivity index (χ4n) is 2.18. The van der Waals surface area contributed by atoms with E-state index in [1.54, 1.807) is 11.3 Å². The Balaban J connectivity index is 1.76. The second-order valence-electron chi connectivity index (χ2n) is 5.56. The molecule has 0 aliphatic rings. The monoisotopic (exact) mass is 289 g/mol. The molecule has 2 aromatic rings. The normalized spacial score (nSPS) is 15.8. The summed E-state index contributed by atoms with van der Waals surface area (Å²) in [5, 5.41) is 15.9. The van der Waals surface area contributed by atoms with Gasteiger partial charge >= 0.3 is 0 Å². The Labute approximate surface area is 125 Å². The van der Waals surface area contributed by atoms with E-state index in [0.717, 1.165) is 17.7 Å². The molecule has 2 unspecified atom stereocenters.